The third-order valence-electron chi connectivity index (χ3n) is 2.97. The first-order chi connectivity index (χ1) is 7.95. The van der Waals surface area contributed by atoms with Gasteiger partial charge in [-0.25, -0.2) is 8.42 Å². The standard InChI is InChI=1S/C12H20N2O2S/c1-4-11-7-5-6-8-12(11)17(15,16)14(3)10(2)9-13/h5-8,10H,4,9,13H2,1-3H3/t10-/m0/s1. The molecule has 1 rings (SSSR count). The van der Waals surface area contributed by atoms with Gasteiger partial charge in [-0.3, -0.25) is 0 Å². The molecule has 5 heteroatoms. The number of sulfonamides is 1. The number of nitrogens with zero attached hydrogens (tertiary/aromatic N) is 1. The van der Waals surface area contributed by atoms with Gasteiger partial charge < -0.3 is 5.73 Å². The highest BCUT2D eigenvalue weighted by molar-refractivity contribution is 7.89. The quantitative estimate of drug-likeness (QED) is 0.861. The number of nitrogens with two attached hydrogens (primary N) is 1. The summed E-state index contributed by atoms with van der Waals surface area (Å²) in [6.07, 6.45) is 0.695. The zero-order valence-corrected chi connectivity index (χ0v) is 11.4. The molecule has 17 heavy (non-hydrogen) atoms. The lowest BCUT2D eigenvalue weighted by Gasteiger charge is -2.24. The summed E-state index contributed by atoms with van der Waals surface area (Å²) in [4.78, 5) is 0.380. The van der Waals surface area contributed by atoms with Gasteiger partial charge in [-0.1, -0.05) is 25.1 Å². The van der Waals surface area contributed by atoms with Crippen molar-refractivity contribution >= 4 is 10.0 Å². The van der Waals surface area contributed by atoms with E-state index in [-0.39, 0.29) is 6.04 Å². The number of aryl methyl sites for hydroxylation is 1. The zero-order chi connectivity index (χ0) is 13.1. The highest BCUT2D eigenvalue weighted by Gasteiger charge is 2.26. The lowest BCUT2D eigenvalue weighted by molar-refractivity contribution is 0.394. The average Bonchev–Trinajstić information content (AvgIpc) is 2.36. The minimum Gasteiger partial charge on any atom is -0.329 e. The van der Waals surface area contributed by atoms with Gasteiger partial charge in [0.2, 0.25) is 10.0 Å². The summed E-state index contributed by atoms with van der Waals surface area (Å²) in [7, 11) is -1.87. The van der Waals surface area contributed by atoms with Gasteiger partial charge in [-0.2, -0.15) is 4.31 Å². The molecule has 96 valence electrons. The van der Waals surface area contributed by atoms with Crippen molar-refractivity contribution in [1.29, 1.82) is 0 Å². The fourth-order valence-electron chi connectivity index (χ4n) is 1.59. The molecular weight excluding hydrogens is 236 g/mol. The van der Waals surface area contributed by atoms with E-state index in [1.165, 1.54) is 4.31 Å². The van der Waals surface area contributed by atoms with E-state index in [1.54, 1.807) is 26.1 Å². The van der Waals surface area contributed by atoms with Gasteiger partial charge in [0.15, 0.2) is 0 Å². The summed E-state index contributed by atoms with van der Waals surface area (Å²) < 4.78 is 26.1. The van der Waals surface area contributed by atoms with Crippen LogP contribution in [0.2, 0.25) is 0 Å². The maximum absolute atomic E-state index is 12.4. The number of likely N-dealkylation sites (N-methyl/N-ethyl adjacent to an activating group) is 1. The van der Waals surface area contributed by atoms with Crippen LogP contribution < -0.4 is 5.73 Å². The molecule has 1 aromatic carbocycles. The molecule has 0 bridgehead atoms. The predicted octanol–water partition coefficient (Wildman–Crippen LogP) is 1.22. The lowest BCUT2D eigenvalue weighted by Crippen LogP contribution is -2.39. The van der Waals surface area contributed by atoms with Crippen LogP contribution in [0.15, 0.2) is 29.2 Å². The molecule has 0 fully saturated rings. The van der Waals surface area contributed by atoms with Crippen LogP contribution in [0.5, 0.6) is 0 Å². The van der Waals surface area contributed by atoms with Crippen molar-refractivity contribution in [3.63, 3.8) is 0 Å². The van der Waals surface area contributed by atoms with Crippen molar-refractivity contribution in [3.05, 3.63) is 29.8 Å². The molecule has 2 N–H and O–H groups in total. The Hall–Kier alpha value is -0.910. The molecule has 0 aliphatic rings. The lowest BCUT2D eigenvalue weighted by atomic mass is 10.2. The van der Waals surface area contributed by atoms with E-state index in [2.05, 4.69) is 0 Å². The fourth-order valence-corrected chi connectivity index (χ4v) is 3.25. The molecule has 0 amide bonds. The van der Waals surface area contributed by atoms with Crippen LogP contribution in [-0.4, -0.2) is 32.4 Å². The van der Waals surface area contributed by atoms with Crippen molar-refractivity contribution in [2.45, 2.75) is 31.2 Å². The minimum atomic E-state index is -3.44. The molecule has 0 aliphatic carbocycles. The van der Waals surface area contributed by atoms with E-state index >= 15 is 0 Å². The molecule has 0 heterocycles. The second-order valence-corrected chi connectivity index (χ2v) is 6.03. The van der Waals surface area contributed by atoms with Crippen LogP contribution in [-0.2, 0) is 16.4 Å². The Labute approximate surface area is 103 Å². The van der Waals surface area contributed by atoms with E-state index in [0.29, 0.717) is 17.9 Å². The van der Waals surface area contributed by atoms with Crippen molar-refractivity contribution in [3.8, 4) is 0 Å². The predicted molar refractivity (Wildman–Crippen MR) is 69.3 cm³/mol. The molecule has 0 saturated heterocycles. The molecule has 1 aromatic rings. The highest BCUT2D eigenvalue weighted by atomic mass is 32.2. The molecule has 4 nitrogen and oxygen atoms in total. The average molecular weight is 256 g/mol. The molecular formula is C12H20N2O2S. The molecule has 0 spiro atoms. The van der Waals surface area contributed by atoms with Crippen molar-refractivity contribution in [2.24, 2.45) is 5.73 Å². The molecule has 0 unspecified atom stereocenters. The van der Waals surface area contributed by atoms with Crippen LogP contribution in [0.25, 0.3) is 0 Å². The van der Waals surface area contributed by atoms with E-state index in [9.17, 15) is 8.42 Å². The molecule has 0 saturated carbocycles. The fraction of sp³-hybridized carbons (Fsp3) is 0.500. The van der Waals surface area contributed by atoms with Crippen molar-refractivity contribution in [1.82, 2.24) is 4.31 Å². The number of hydrogen-bond acceptors (Lipinski definition) is 3. The molecule has 1 atom stereocenters. The van der Waals surface area contributed by atoms with Crippen molar-refractivity contribution < 1.29 is 8.42 Å². The van der Waals surface area contributed by atoms with Crippen molar-refractivity contribution in [2.75, 3.05) is 13.6 Å². The van der Waals surface area contributed by atoms with Crippen LogP contribution in [0, 0.1) is 0 Å². The Morgan fingerprint density at radius 2 is 1.94 bits per heavy atom. The molecule has 0 aliphatic heterocycles. The van der Waals surface area contributed by atoms with E-state index < -0.39 is 10.0 Å². The normalized spacial score (nSPS) is 13.9. The summed E-state index contributed by atoms with van der Waals surface area (Å²) in [5.74, 6) is 0. The monoisotopic (exact) mass is 256 g/mol. The van der Waals surface area contributed by atoms with Gasteiger partial charge >= 0.3 is 0 Å². The Bertz CT molecular complexity index is 471. The summed E-state index contributed by atoms with van der Waals surface area (Å²) in [6.45, 7) is 4.05. The van der Waals surface area contributed by atoms with Crippen LogP contribution >= 0.6 is 0 Å². The van der Waals surface area contributed by atoms with Crippen LogP contribution in [0.4, 0.5) is 0 Å². The summed E-state index contributed by atoms with van der Waals surface area (Å²) in [5, 5.41) is 0. The second kappa shape index (κ2) is 5.62. The number of benzene rings is 1. The van der Waals surface area contributed by atoms with Gasteiger partial charge in [0.05, 0.1) is 4.90 Å². The highest BCUT2D eigenvalue weighted by Crippen LogP contribution is 2.20. The second-order valence-electron chi connectivity index (χ2n) is 4.07. The minimum absolute atomic E-state index is 0.204. The topological polar surface area (TPSA) is 63.4 Å². The summed E-state index contributed by atoms with van der Waals surface area (Å²) in [5.41, 5.74) is 6.35. The first kappa shape index (κ1) is 14.2. The maximum Gasteiger partial charge on any atom is 0.243 e. The van der Waals surface area contributed by atoms with E-state index in [0.717, 1.165) is 5.56 Å². The van der Waals surface area contributed by atoms with E-state index in [4.69, 9.17) is 5.73 Å². The Morgan fingerprint density at radius 1 is 1.35 bits per heavy atom. The SMILES string of the molecule is CCc1ccccc1S(=O)(=O)N(C)[C@@H](C)CN. The molecule has 0 aromatic heterocycles. The van der Waals surface area contributed by atoms with E-state index in [1.807, 2.05) is 19.1 Å². The largest absolute Gasteiger partial charge is 0.329 e. The van der Waals surface area contributed by atoms with Gasteiger partial charge in [-0.05, 0) is 25.0 Å². The number of rotatable bonds is 5. The third kappa shape index (κ3) is 2.86. The van der Waals surface area contributed by atoms with Gasteiger partial charge in [0.25, 0.3) is 0 Å². The summed E-state index contributed by atoms with van der Waals surface area (Å²) in [6, 6.07) is 6.88. The van der Waals surface area contributed by atoms with Gasteiger partial charge in [0, 0.05) is 19.6 Å². The van der Waals surface area contributed by atoms with Crippen LogP contribution in [0.3, 0.4) is 0 Å². The first-order valence-electron chi connectivity index (χ1n) is 5.71. The first-order valence-corrected chi connectivity index (χ1v) is 7.15. The third-order valence-corrected chi connectivity index (χ3v) is 5.04. The Balaban J connectivity index is 3.22. The number of hydrogen-bond donors (Lipinski definition) is 1. The summed E-state index contributed by atoms with van der Waals surface area (Å²) >= 11 is 0. The molecule has 0 radical (unpaired) electrons. The maximum atomic E-state index is 12.4. The Morgan fingerprint density at radius 3 is 2.47 bits per heavy atom. The Kier molecular flexibility index (Phi) is 4.68. The van der Waals surface area contributed by atoms with Crippen LogP contribution in [0.1, 0.15) is 19.4 Å². The smallest absolute Gasteiger partial charge is 0.243 e. The zero-order valence-electron chi connectivity index (χ0n) is 10.6. The van der Waals surface area contributed by atoms with Gasteiger partial charge in [-0.15, -0.1) is 0 Å². The van der Waals surface area contributed by atoms with Gasteiger partial charge in [0.1, 0.15) is 0 Å².